The molecule has 0 aliphatic carbocycles. The summed E-state index contributed by atoms with van der Waals surface area (Å²) in [5.74, 6) is 0.654. The zero-order chi connectivity index (χ0) is 13.0. The van der Waals surface area contributed by atoms with Crippen LogP contribution in [0.4, 0.5) is 5.69 Å². The number of thioether (sulfide) groups is 1. The highest BCUT2D eigenvalue weighted by molar-refractivity contribution is 7.99. The molecule has 94 valence electrons. The van der Waals surface area contributed by atoms with Crippen LogP contribution in [0, 0.1) is 0 Å². The molecule has 0 bridgehead atoms. The van der Waals surface area contributed by atoms with Gasteiger partial charge >= 0.3 is 0 Å². The van der Waals surface area contributed by atoms with Crippen molar-refractivity contribution >= 4 is 46.3 Å². The maximum absolute atomic E-state index is 11.9. The van der Waals surface area contributed by atoms with Crippen molar-refractivity contribution in [2.75, 3.05) is 11.1 Å². The van der Waals surface area contributed by atoms with Gasteiger partial charge in [-0.2, -0.15) is 0 Å². The van der Waals surface area contributed by atoms with Crippen molar-refractivity contribution in [2.24, 2.45) is 0 Å². The molecule has 2 rings (SSSR count). The maximum atomic E-state index is 11.9. The fourth-order valence-corrected chi connectivity index (χ4v) is 2.81. The molecular formula is C11H10ClN3OS2. The van der Waals surface area contributed by atoms with Crippen LogP contribution in [0.15, 0.2) is 29.2 Å². The Morgan fingerprint density at radius 2 is 2.22 bits per heavy atom. The number of nitrogens with zero attached hydrogens (tertiary/aromatic N) is 2. The minimum absolute atomic E-state index is 0.260. The average molecular weight is 300 g/mol. The van der Waals surface area contributed by atoms with E-state index in [0.29, 0.717) is 0 Å². The molecule has 0 atom stereocenters. The van der Waals surface area contributed by atoms with Gasteiger partial charge in [-0.05, 0) is 29.5 Å². The smallest absolute Gasteiger partial charge is 0.286 e. The third-order valence-corrected chi connectivity index (χ3v) is 4.00. The molecule has 0 saturated carbocycles. The van der Waals surface area contributed by atoms with Crippen LogP contribution in [0.25, 0.3) is 0 Å². The molecule has 4 nitrogen and oxygen atoms in total. The number of carbonyl (C=O) groups is 1. The Labute approximate surface area is 118 Å². The van der Waals surface area contributed by atoms with Crippen LogP contribution in [0.2, 0.25) is 4.47 Å². The van der Waals surface area contributed by atoms with E-state index in [-0.39, 0.29) is 15.4 Å². The van der Waals surface area contributed by atoms with Gasteiger partial charge in [-0.15, -0.1) is 22.0 Å². The number of hydrogen-bond acceptors (Lipinski definition) is 5. The first-order valence-electron chi connectivity index (χ1n) is 5.23. The van der Waals surface area contributed by atoms with Crippen molar-refractivity contribution < 1.29 is 4.79 Å². The van der Waals surface area contributed by atoms with Crippen LogP contribution in [0.3, 0.4) is 0 Å². The van der Waals surface area contributed by atoms with Gasteiger partial charge in [0.1, 0.15) is 0 Å². The minimum Gasteiger partial charge on any atom is -0.319 e. The summed E-state index contributed by atoms with van der Waals surface area (Å²) in [5.41, 5.74) is 0.778. The quantitative estimate of drug-likeness (QED) is 0.877. The molecule has 0 saturated heterocycles. The van der Waals surface area contributed by atoms with Gasteiger partial charge in [0.15, 0.2) is 0 Å². The van der Waals surface area contributed by atoms with E-state index < -0.39 is 0 Å². The predicted molar refractivity (Wildman–Crippen MR) is 75.7 cm³/mol. The largest absolute Gasteiger partial charge is 0.319 e. The molecule has 0 aliphatic heterocycles. The van der Waals surface area contributed by atoms with Crippen molar-refractivity contribution in [1.82, 2.24) is 10.2 Å². The predicted octanol–water partition coefficient (Wildman–Crippen LogP) is 3.56. The molecule has 7 heteroatoms. The Bertz CT molecular complexity index is 559. The van der Waals surface area contributed by atoms with E-state index >= 15 is 0 Å². The summed E-state index contributed by atoms with van der Waals surface area (Å²) in [7, 11) is 0. The molecule has 18 heavy (non-hydrogen) atoms. The first-order valence-corrected chi connectivity index (χ1v) is 7.41. The molecule has 1 amide bonds. The first kappa shape index (κ1) is 13.3. The second-order valence-electron chi connectivity index (χ2n) is 3.24. The van der Waals surface area contributed by atoms with Crippen molar-refractivity contribution in [3.63, 3.8) is 0 Å². The fraction of sp³-hybridized carbons (Fsp3) is 0.182. The number of nitrogens with one attached hydrogen (secondary N) is 1. The molecule has 1 N–H and O–H groups in total. The molecule has 2 aromatic rings. The number of amides is 1. The van der Waals surface area contributed by atoms with Crippen LogP contribution in [0.1, 0.15) is 16.7 Å². The number of aromatic nitrogens is 2. The second kappa shape index (κ2) is 6.17. The van der Waals surface area contributed by atoms with Crippen molar-refractivity contribution in [2.45, 2.75) is 11.8 Å². The molecule has 0 spiro atoms. The third-order valence-electron chi connectivity index (χ3n) is 2.03. The summed E-state index contributed by atoms with van der Waals surface area (Å²) in [5, 5.41) is 10.4. The van der Waals surface area contributed by atoms with Crippen molar-refractivity contribution in [1.29, 1.82) is 0 Å². The van der Waals surface area contributed by atoms with Crippen LogP contribution in [-0.2, 0) is 0 Å². The number of benzene rings is 1. The highest BCUT2D eigenvalue weighted by Gasteiger charge is 2.13. The molecule has 1 heterocycles. The SMILES string of the molecule is CCSc1ccccc1NC(=O)c1nnc(Cl)s1. The Balaban J connectivity index is 2.16. The van der Waals surface area contributed by atoms with Crippen molar-refractivity contribution in [3.8, 4) is 0 Å². The lowest BCUT2D eigenvalue weighted by Crippen LogP contribution is -2.12. The number of para-hydroxylation sites is 1. The molecule has 0 unspecified atom stereocenters. The van der Waals surface area contributed by atoms with E-state index in [1.807, 2.05) is 24.3 Å². The van der Waals surface area contributed by atoms with Crippen LogP contribution in [0.5, 0.6) is 0 Å². The van der Waals surface area contributed by atoms with E-state index in [9.17, 15) is 4.79 Å². The van der Waals surface area contributed by atoms with Gasteiger partial charge in [-0.3, -0.25) is 4.79 Å². The Morgan fingerprint density at radius 1 is 1.44 bits per heavy atom. The summed E-state index contributed by atoms with van der Waals surface area (Å²) in [4.78, 5) is 12.9. The van der Waals surface area contributed by atoms with Crippen LogP contribution < -0.4 is 5.32 Å². The third kappa shape index (κ3) is 3.22. The normalized spacial score (nSPS) is 10.3. The van der Waals surface area contributed by atoms with Gasteiger partial charge < -0.3 is 5.32 Å². The van der Waals surface area contributed by atoms with E-state index in [0.717, 1.165) is 27.7 Å². The molecule has 1 aromatic heterocycles. The topological polar surface area (TPSA) is 54.9 Å². The van der Waals surface area contributed by atoms with Gasteiger partial charge in [-0.1, -0.05) is 30.4 Å². The lowest BCUT2D eigenvalue weighted by molar-refractivity contribution is 0.102. The second-order valence-corrected chi connectivity index (χ2v) is 6.11. The Morgan fingerprint density at radius 3 is 2.89 bits per heavy atom. The minimum atomic E-state index is -0.288. The zero-order valence-electron chi connectivity index (χ0n) is 9.51. The molecule has 0 fully saturated rings. The summed E-state index contributed by atoms with van der Waals surface area (Å²) in [6, 6.07) is 7.65. The van der Waals surface area contributed by atoms with Gasteiger partial charge in [0.2, 0.25) is 9.47 Å². The van der Waals surface area contributed by atoms with Crippen molar-refractivity contribution in [3.05, 3.63) is 33.7 Å². The first-order chi connectivity index (χ1) is 8.70. The zero-order valence-corrected chi connectivity index (χ0v) is 11.9. The highest BCUT2D eigenvalue weighted by Crippen LogP contribution is 2.27. The molecule has 0 radical (unpaired) electrons. The number of carbonyl (C=O) groups excluding carboxylic acids is 1. The number of anilines is 1. The molecule has 0 aliphatic rings. The van der Waals surface area contributed by atoms with Gasteiger partial charge in [-0.25, -0.2) is 0 Å². The summed E-state index contributed by atoms with van der Waals surface area (Å²) in [6.45, 7) is 2.06. The Kier molecular flexibility index (Phi) is 4.57. The fourth-order valence-electron chi connectivity index (χ4n) is 1.32. The van der Waals surface area contributed by atoms with Gasteiger partial charge in [0.05, 0.1) is 5.69 Å². The highest BCUT2D eigenvalue weighted by atomic mass is 35.5. The standard InChI is InChI=1S/C11H10ClN3OS2/c1-2-17-8-6-4-3-5-7(8)13-9(16)10-14-15-11(12)18-10/h3-6H,2H2,1H3,(H,13,16). The number of halogens is 1. The summed E-state index contributed by atoms with van der Waals surface area (Å²) < 4.78 is 0.261. The summed E-state index contributed by atoms with van der Waals surface area (Å²) in [6.07, 6.45) is 0. The van der Waals surface area contributed by atoms with E-state index in [1.54, 1.807) is 11.8 Å². The monoisotopic (exact) mass is 299 g/mol. The lowest BCUT2D eigenvalue weighted by atomic mass is 10.3. The van der Waals surface area contributed by atoms with Gasteiger partial charge in [0.25, 0.3) is 5.91 Å². The number of rotatable bonds is 4. The van der Waals surface area contributed by atoms with E-state index in [1.165, 1.54) is 0 Å². The average Bonchev–Trinajstić information content (AvgIpc) is 2.79. The molecular weight excluding hydrogens is 290 g/mol. The lowest BCUT2D eigenvalue weighted by Gasteiger charge is -2.08. The number of hydrogen-bond donors (Lipinski definition) is 1. The van der Waals surface area contributed by atoms with Gasteiger partial charge in [0, 0.05) is 4.90 Å². The van der Waals surface area contributed by atoms with Crippen LogP contribution in [-0.4, -0.2) is 21.9 Å². The van der Waals surface area contributed by atoms with E-state index in [4.69, 9.17) is 11.6 Å². The summed E-state index contributed by atoms with van der Waals surface area (Å²) >= 11 is 8.38. The Hall–Kier alpha value is -1.11. The van der Waals surface area contributed by atoms with Crippen LogP contribution >= 0.6 is 34.7 Å². The maximum Gasteiger partial charge on any atom is 0.286 e. The van der Waals surface area contributed by atoms with E-state index in [2.05, 4.69) is 22.4 Å². The molecule has 1 aromatic carbocycles.